The van der Waals surface area contributed by atoms with Crippen LogP contribution in [0.4, 0.5) is 14.5 Å². The summed E-state index contributed by atoms with van der Waals surface area (Å²) in [5, 5.41) is 11.4. The van der Waals surface area contributed by atoms with Crippen LogP contribution in [-0.4, -0.2) is 31.0 Å². The number of rotatable bonds is 5. The van der Waals surface area contributed by atoms with E-state index in [1.807, 2.05) is 13.0 Å². The van der Waals surface area contributed by atoms with Crippen LogP contribution < -0.4 is 14.4 Å². The van der Waals surface area contributed by atoms with Crippen LogP contribution in [0.25, 0.3) is 5.76 Å². The molecule has 1 N–H and O–H groups in total. The number of carbonyl (C=O) groups is 2. The van der Waals surface area contributed by atoms with E-state index in [4.69, 9.17) is 9.47 Å². The Balaban J connectivity index is 2.04. The summed E-state index contributed by atoms with van der Waals surface area (Å²) in [6.07, 6.45) is 0. The summed E-state index contributed by atoms with van der Waals surface area (Å²) in [4.78, 5) is 27.4. The average Bonchev–Trinajstić information content (AvgIpc) is 3.08. The molecule has 34 heavy (non-hydrogen) atoms. The first-order chi connectivity index (χ1) is 16.3. The predicted octanol–water partition coefficient (Wildman–Crippen LogP) is 4.92. The molecule has 1 heterocycles. The van der Waals surface area contributed by atoms with Gasteiger partial charge in [-0.15, -0.1) is 0 Å². The topological polar surface area (TPSA) is 76.1 Å². The van der Waals surface area contributed by atoms with Crippen LogP contribution in [0.3, 0.4) is 0 Å². The molecule has 1 unspecified atom stereocenters. The normalized spacial score (nSPS) is 17.2. The van der Waals surface area contributed by atoms with Gasteiger partial charge in [-0.2, -0.15) is 0 Å². The summed E-state index contributed by atoms with van der Waals surface area (Å²) in [7, 11) is 2.77. The molecule has 0 spiro atoms. The number of amides is 1. The lowest BCUT2D eigenvalue weighted by atomic mass is 9.93. The van der Waals surface area contributed by atoms with Crippen LogP contribution in [0.5, 0.6) is 11.5 Å². The van der Waals surface area contributed by atoms with E-state index < -0.39 is 35.1 Å². The van der Waals surface area contributed by atoms with Gasteiger partial charge in [-0.1, -0.05) is 35.9 Å². The van der Waals surface area contributed by atoms with Crippen LogP contribution in [-0.2, 0) is 9.59 Å². The lowest BCUT2D eigenvalue weighted by molar-refractivity contribution is -0.132. The predicted molar refractivity (Wildman–Crippen MR) is 122 cm³/mol. The molecule has 6 nitrogen and oxygen atoms in total. The molecule has 1 fully saturated rings. The summed E-state index contributed by atoms with van der Waals surface area (Å²) in [5.74, 6) is -4.06. The van der Waals surface area contributed by atoms with Crippen LogP contribution >= 0.6 is 0 Å². The third-order valence-electron chi connectivity index (χ3n) is 5.64. The Morgan fingerprint density at radius 2 is 1.59 bits per heavy atom. The minimum absolute atomic E-state index is 0.0720. The molecule has 0 radical (unpaired) electrons. The monoisotopic (exact) mass is 465 g/mol. The maximum atomic E-state index is 14.8. The van der Waals surface area contributed by atoms with Gasteiger partial charge in [-0.25, -0.2) is 8.78 Å². The zero-order valence-corrected chi connectivity index (χ0v) is 18.6. The fraction of sp³-hybridized carbons (Fsp3) is 0.154. The summed E-state index contributed by atoms with van der Waals surface area (Å²) < 4.78 is 39.1. The van der Waals surface area contributed by atoms with Crippen molar-refractivity contribution in [2.24, 2.45) is 0 Å². The van der Waals surface area contributed by atoms with Crippen molar-refractivity contribution in [2.75, 3.05) is 19.1 Å². The Morgan fingerprint density at radius 1 is 0.941 bits per heavy atom. The Morgan fingerprint density at radius 3 is 2.18 bits per heavy atom. The van der Waals surface area contributed by atoms with Gasteiger partial charge in [0, 0.05) is 6.07 Å². The lowest BCUT2D eigenvalue weighted by Crippen LogP contribution is -2.30. The van der Waals surface area contributed by atoms with E-state index in [1.165, 1.54) is 14.2 Å². The van der Waals surface area contributed by atoms with E-state index in [0.717, 1.165) is 22.6 Å². The van der Waals surface area contributed by atoms with E-state index >= 15 is 0 Å². The number of aryl methyl sites for hydroxylation is 1. The van der Waals surface area contributed by atoms with Crippen molar-refractivity contribution in [2.45, 2.75) is 13.0 Å². The average molecular weight is 465 g/mol. The van der Waals surface area contributed by atoms with Crippen LogP contribution in [0, 0.1) is 18.6 Å². The highest BCUT2D eigenvalue weighted by atomic mass is 19.1. The molecule has 0 bridgehead atoms. The molecule has 1 aliphatic rings. The van der Waals surface area contributed by atoms with E-state index in [0.29, 0.717) is 11.6 Å². The number of hydrogen-bond donors (Lipinski definition) is 1. The summed E-state index contributed by atoms with van der Waals surface area (Å²) >= 11 is 0. The first kappa shape index (κ1) is 23.0. The maximum absolute atomic E-state index is 14.8. The van der Waals surface area contributed by atoms with Crippen molar-refractivity contribution < 1.29 is 33.0 Å². The fourth-order valence-electron chi connectivity index (χ4n) is 4.13. The molecule has 1 aliphatic heterocycles. The molecule has 0 saturated carbocycles. The maximum Gasteiger partial charge on any atom is 0.300 e. The van der Waals surface area contributed by atoms with Crippen molar-refractivity contribution in [1.29, 1.82) is 0 Å². The molecule has 3 aromatic rings. The van der Waals surface area contributed by atoms with Crippen molar-refractivity contribution in [3.05, 3.63) is 94.6 Å². The van der Waals surface area contributed by atoms with Crippen molar-refractivity contribution in [1.82, 2.24) is 0 Å². The molecule has 4 rings (SSSR count). The van der Waals surface area contributed by atoms with E-state index in [2.05, 4.69) is 0 Å². The van der Waals surface area contributed by atoms with Gasteiger partial charge in [-0.3, -0.25) is 14.5 Å². The number of ketones is 1. The van der Waals surface area contributed by atoms with Gasteiger partial charge in [0.25, 0.3) is 11.7 Å². The molecular formula is C26H21F2NO5. The van der Waals surface area contributed by atoms with Crippen LogP contribution in [0.2, 0.25) is 0 Å². The number of nitrogens with zero attached hydrogens (tertiary/aromatic N) is 1. The standard InChI is InChI=1S/C26H21F2NO5/c1-14-6-4-7-15(12-14)23-22(24(30)21-19(33-2)8-5-9-20(21)34-3)25(31)26(32)29(23)18-11-10-16(27)13-17(18)28/h4-13,23,30H,1-3H3/b24-22+. The zero-order valence-electron chi connectivity index (χ0n) is 18.6. The number of carbonyl (C=O) groups excluding carboxylic acids is 2. The summed E-state index contributed by atoms with van der Waals surface area (Å²) in [5.41, 5.74) is 0.779. The van der Waals surface area contributed by atoms with Crippen molar-refractivity contribution in [3.8, 4) is 11.5 Å². The largest absolute Gasteiger partial charge is 0.506 e. The first-order valence-electron chi connectivity index (χ1n) is 10.3. The van der Waals surface area contributed by atoms with Crippen LogP contribution in [0.15, 0.2) is 66.2 Å². The quantitative estimate of drug-likeness (QED) is 0.329. The third-order valence-corrected chi connectivity index (χ3v) is 5.64. The molecule has 174 valence electrons. The number of Topliss-reactive ketones (excluding diaryl/α,β-unsaturated/α-hetero) is 1. The molecule has 0 aliphatic carbocycles. The van der Waals surface area contributed by atoms with Gasteiger partial charge >= 0.3 is 0 Å². The number of aliphatic hydroxyl groups excluding tert-OH is 1. The molecule has 8 heteroatoms. The van der Waals surface area contributed by atoms with Gasteiger partial charge in [0.15, 0.2) is 0 Å². The number of hydrogen-bond acceptors (Lipinski definition) is 5. The highest BCUT2D eigenvalue weighted by molar-refractivity contribution is 6.51. The Hall–Kier alpha value is -4.20. The second kappa shape index (κ2) is 8.97. The Bertz CT molecular complexity index is 1310. The van der Waals surface area contributed by atoms with Crippen molar-refractivity contribution in [3.63, 3.8) is 0 Å². The van der Waals surface area contributed by atoms with Gasteiger partial charge in [0.1, 0.15) is 34.5 Å². The first-order valence-corrected chi connectivity index (χ1v) is 10.3. The number of benzene rings is 3. The number of ether oxygens (including phenoxy) is 2. The smallest absolute Gasteiger partial charge is 0.300 e. The fourth-order valence-corrected chi connectivity index (χ4v) is 4.13. The third kappa shape index (κ3) is 3.77. The number of aliphatic hydroxyl groups is 1. The van der Waals surface area contributed by atoms with E-state index in [9.17, 15) is 23.5 Å². The second-order valence-corrected chi connectivity index (χ2v) is 7.72. The molecule has 1 amide bonds. The minimum atomic E-state index is -1.19. The zero-order chi connectivity index (χ0) is 24.6. The highest BCUT2D eigenvalue weighted by Crippen LogP contribution is 2.45. The second-order valence-electron chi connectivity index (χ2n) is 7.72. The van der Waals surface area contributed by atoms with Crippen LogP contribution in [0.1, 0.15) is 22.7 Å². The summed E-state index contributed by atoms with van der Waals surface area (Å²) in [6, 6.07) is 13.2. The molecular weight excluding hydrogens is 444 g/mol. The van der Waals surface area contributed by atoms with E-state index in [-0.39, 0.29) is 28.3 Å². The number of halogens is 2. The SMILES string of the molecule is COc1cccc(OC)c1/C(O)=C1\C(=O)C(=O)N(c2ccc(F)cc2F)C1c1cccc(C)c1. The Labute approximate surface area is 194 Å². The molecule has 0 aromatic heterocycles. The number of methoxy groups -OCH3 is 2. The lowest BCUT2D eigenvalue weighted by Gasteiger charge is -2.26. The number of anilines is 1. The van der Waals surface area contributed by atoms with E-state index in [1.54, 1.807) is 36.4 Å². The van der Waals surface area contributed by atoms with Gasteiger partial charge < -0.3 is 14.6 Å². The molecule has 3 aromatic carbocycles. The van der Waals surface area contributed by atoms with Gasteiger partial charge in [0.2, 0.25) is 0 Å². The molecule has 1 saturated heterocycles. The summed E-state index contributed by atoms with van der Waals surface area (Å²) in [6.45, 7) is 1.82. The Kier molecular flexibility index (Phi) is 6.06. The van der Waals surface area contributed by atoms with Gasteiger partial charge in [0.05, 0.1) is 31.5 Å². The minimum Gasteiger partial charge on any atom is -0.506 e. The highest BCUT2D eigenvalue weighted by Gasteiger charge is 2.48. The van der Waals surface area contributed by atoms with Gasteiger partial charge in [-0.05, 0) is 36.8 Å². The molecule has 1 atom stereocenters. The van der Waals surface area contributed by atoms with Crippen molar-refractivity contribution >= 4 is 23.1 Å².